The molecule has 1 unspecified atom stereocenters. The first-order valence-electron chi connectivity index (χ1n) is 7.21. The van der Waals surface area contributed by atoms with Crippen LogP contribution in [0.25, 0.3) is 0 Å². The monoisotopic (exact) mass is 273 g/mol. The molecule has 2 heterocycles. The van der Waals surface area contributed by atoms with Crippen molar-refractivity contribution < 1.29 is 0 Å². The fourth-order valence-electron chi connectivity index (χ4n) is 2.45. The summed E-state index contributed by atoms with van der Waals surface area (Å²) >= 11 is 0. The second-order valence-electron chi connectivity index (χ2n) is 5.45. The van der Waals surface area contributed by atoms with Crippen LogP contribution in [0.5, 0.6) is 0 Å². The minimum absolute atomic E-state index is 0.579. The molecule has 20 heavy (non-hydrogen) atoms. The van der Waals surface area contributed by atoms with Crippen LogP contribution in [0.15, 0.2) is 18.3 Å². The lowest BCUT2D eigenvalue weighted by molar-refractivity contribution is 0.116. The van der Waals surface area contributed by atoms with Gasteiger partial charge in [-0.25, -0.2) is 4.98 Å². The van der Waals surface area contributed by atoms with Crippen molar-refractivity contribution >= 4 is 5.82 Å². The second-order valence-corrected chi connectivity index (χ2v) is 5.45. The number of likely N-dealkylation sites (N-methyl/N-ethyl adjacent to an activating group) is 1. The molecule has 0 bridgehead atoms. The molecule has 1 aromatic heterocycles. The highest BCUT2D eigenvalue weighted by atomic mass is 15.3. The van der Waals surface area contributed by atoms with Crippen LogP contribution >= 0.6 is 0 Å². The van der Waals surface area contributed by atoms with Crippen molar-refractivity contribution in [2.24, 2.45) is 0 Å². The summed E-state index contributed by atoms with van der Waals surface area (Å²) in [5.74, 6) is 0.787. The molecular formula is C15H23N5. The molecule has 1 fully saturated rings. The number of nitrogens with zero attached hydrogens (tertiary/aromatic N) is 4. The fraction of sp³-hybridized carbons (Fsp3) is 0.600. The summed E-state index contributed by atoms with van der Waals surface area (Å²) in [6.07, 6.45) is 2.76. The highest BCUT2D eigenvalue weighted by Crippen LogP contribution is 2.10. The van der Waals surface area contributed by atoms with Crippen LogP contribution in [0, 0.1) is 11.3 Å². The topological polar surface area (TPSA) is 55.2 Å². The Hall–Kier alpha value is -1.64. The maximum absolute atomic E-state index is 8.85. The number of rotatable bonds is 5. The molecule has 1 atom stereocenters. The van der Waals surface area contributed by atoms with Gasteiger partial charge in [0.15, 0.2) is 0 Å². The van der Waals surface area contributed by atoms with Gasteiger partial charge >= 0.3 is 0 Å². The molecular weight excluding hydrogens is 250 g/mol. The molecule has 0 amide bonds. The molecule has 5 nitrogen and oxygen atoms in total. The number of pyridine rings is 1. The molecule has 5 heteroatoms. The number of nitrogens with one attached hydrogen (secondary N) is 1. The van der Waals surface area contributed by atoms with E-state index in [9.17, 15) is 0 Å². The van der Waals surface area contributed by atoms with Gasteiger partial charge < -0.3 is 10.2 Å². The van der Waals surface area contributed by atoms with Gasteiger partial charge in [-0.2, -0.15) is 5.26 Å². The Labute approximate surface area is 121 Å². The normalized spacial score (nSPS) is 18.4. The molecule has 0 saturated carbocycles. The predicted octanol–water partition coefficient (Wildman–Crippen LogP) is 1.39. The lowest BCUT2D eigenvalue weighted by atomic mass is 10.1. The third kappa shape index (κ3) is 4.19. The van der Waals surface area contributed by atoms with Crippen molar-refractivity contribution in [2.45, 2.75) is 19.4 Å². The van der Waals surface area contributed by atoms with Gasteiger partial charge in [0.25, 0.3) is 0 Å². The number of anilines is 1. The first-order valence-corrected chi connectivity index (χ1v) is 7.21. The quantitative estimate of drug-likeness (QED) is 0.878. The van der Waals surface area contributed by atoms with E-state index in [1.54, 1.807) is 18.3 Å². The number of aromatic nitrogens is 1. The summed E-state index contributed by atoms with van der Waals surface area (Å²) < 4.78 is 0. The first-order chi connectivity index (χ1) is 9.69. The van der Waals surface area contributed by atoms with Crippen molar-refractivity contribution in [1.82, 2.24) is 14.8 Å². The molecule has 2 rings (SSSR count). The van der Waals surface area contributed by atoms with E-state index in [-0.39, 0.29) is 0 Å². The van der Waals surface area contributed by atoms with Gasteiger partial charge in [0.05, 0.1) is 11.6 Å². The second kappa shape index (κ2) is 7.22. The molecule has 0 aliphatic carbocycles. The van der Waals surface area contributed by atoms with Crippen LogP contribution in [0.3, 0.4) is 0 Å². The summed E-state index contributed by atoms with van der Waals surface area (Å²) in [5, 5.41) is 12.1. The third-order valence-corrected chi connectivity index (χ3v) is 3.92. The molecule has 1 saturated heterocycles. The summed E-state index contributed by atoms with van der Waals surface area (Å²) in [7, 11) is 2.18. The van der Waals surface area contributed by atoms with Crippen LogP contribution in [0.2, 0.25) is 0 Å². The average Bonchev–Trinajstić information content (AvgIpc) is 2.48. The fourth-order valence-corrected chi connectivity index (χ4v) is 2.45. The van der Waals surface area contributed by atoms with Crippen molar-refractivity contribution in [1.29, 1.82) is 5.26 Å². The maximum Gasteiger partial charge on any atom is 0.127 e. The van der Waals surface area contributed by atoms with Gasteiger partial charge in [-0.15, -0.1) is 0 Å². The van der Waals surface area contributed by atoms with Crippen LogP contribution in [-0.4, -0.2) is 60.6 Å². The van der Waals surface area contributed by atoms with Crippen LogP contribution < -0.4 is 5.32 Å². The van der Waals surface area contributed by atoms with Gasteiger partial charge in [-0.1, -0.05) is 0 Å². The molecule has 108 valence electrons. The highest BCUT2D eigenvalue weighted by Gasteiger charge is 2.18. The molecule has 0 aromatic carbocycles. The maximum atomic E-state index is 8.85. The Bertz CT molecular complexity index is 460. The largest absolute Gasteiger partial charge is 0.370 e. The zero-order valence-electron chi connectivity index (χ0n) is 12.3. The summed E-state index contributed by atoms with van der Waals surface area (Å²) in [4.78, 5) is 9.14. The molecule has 0 spiro atoms. The summed E-state index contributed by atoms with van der Waals surface area (Å²) in [5.41, 5.74) is 0.648. The van der Waals surface area contributed by atoms with Gasteiger partial charge in [0.2, 0.25) is 0 Å². The third-order valence-electron chi connectivity index (χ3n) is 3.92. The lowest BCUT2D eigenvalue weighted by Crippen LogP contribution is -2.48. The van der Waals surface area contributed by atoms with Crippen molar-refractivity contribution in [3.8, 4) is 6.07 Å². The molecule has 1 aliphatic rings. The van der Waals surface area contributed by atoms with Crippen molar-refractivity contribution in [2.75, 3.05) is 45.1 Å². The summed E-state index contributed by atoms with van der Waals surface area (Å²) in [6.45, 7) is 7.79. The first kappa shape index (κ1) is 14.8. The van der Waals surface area contributed by atoms with Gasteiger partial charge in [0.1, 0.15) is 5.82 Å². The smallest absolute Gasteiger partial charge is 0.127 e. The van der Waals surface area contributed by atoms with Crippen LogP contribution in [0.1, 0.15) is 18.9 Å². The van der Waals surface area contributed by atoms with E-state index in [4.69, 9.17) is 5.26 Å². The number of piperazine rings is 1. The SMILES string of the molecule is CC(CCNc1cc(C#N)ccn1)N1CCN(C)CC1. The van der Waals surface area contributed by atoms with Gasteiger partial charge in [-0.05, 0) is 32.5 Å². The number of hydrogen-bond acceptors (Lipinski definition) is 5. The lowest BCUT2D eigenvalue weighted by Gasteiger charge is -2.36. The van der Waals surface area contributed by atoms with Gasteiger partial charge in [-0.3, -0.25) is 4.90 Å². The van der Waals surface area contributed by atoms with E-state index in [2.05, 4.69) is 40.1 Å². The average molecular weight is 273 g/mol. The minimum atomic E-state index is 0.579. The standard InChI is InChI=1S/C15H23N5/c1-13(20-9-7-19(2)8-10-20)3-5-17-15-11-14(12-16)4-6-18-15/h4,6,11,13H,3,5,7-10H2,1-2H3,(H,17,18). The van der Waals surface area contributed by atoms with E-state index in [1.807, 2.05) is 0 Å². The highest BCUT2D eigenvalue weighted by molar-refractivity contribution is 5.42. The Morgan fingerprint density at radius 1 is 1.40 bits per heavy atom. The Balaban J connectivity index is 1.73. The predicted molar refractivity (Wildman–Crippen MR) is 80.6 cm³/mol. The number of hydrogen-bond donors (Lipinski definition) is 1. The molecule has 1 aliphatic heterocycles. The zero-order valence-corrected chi connectivity index (χ0v) is 12.3. The van der Waals surface area contributed by atoms with Crippen LogP contribution in [-0.2, 0) is 0 Å². The zero-order chi connectivity index (χ0) is 14.4. The van der Waals surface area contributed by atoms with E-state index >= 15 is 0 Å². The Morgan fingerprint density at radius 3 is 2.85 bits per heavy atom. The molecule has 1 N–H and O–H groups in total. The minimum Gasteiger partial charge on any atom is -0.370 e. The summed E-state index contributed by atoms with van der Waals surface area (Å²) in [6, 6.07) is 6.22. The van der Waals surface area contributed by atoms with Crippen LogP contribution in [0.4, 0.5) is 5.82 Å². The van der Waals surface area contributed by atoms with E-state index in [0.29, 0.717) is 11.6 Å². The van der Waals surface area contributed by atoms with Gasteiger partial charge in [0, 0.05) is 45.0 Å². The van der Waals surface area contributed by atoms with Crippen molar-refractivity contribution in [3.05, 3.63) is 23.9 Å². The van der Waals surface area contributed by atoms with E-state index in [1.165, 1.54) is 0 Å². The Kier molecular flexibility index (Phi) is 5.33. The molecule has 1 aromatic rings. The van der Waals surface area contributed by atoms with E-state index < -0.39 is 0 Å². The van der Waals surface area contributed by atoms with E-state index in [0.717, 1.165) is 45.0 Å². The number of nitriles is 1. The Morgan fingerprint density at radius 2 is 2.15 bits per heavy atom. The molecule has 0 radical (unpaired) electrons. The van der Waals surface area contributed by atoms with Crippen molar-refractivity contribution in [3.63, 3.8) is 0 Å².